The Balaban J connectivity index is 1.84. The van der Waals surface area contributed by atoms with E-state index in [9.17, 15) is 4.79 Å². The molecule has 0 N–H and O–H groups in total. The average Bonchev–Trinajstić information content (AvgIpc) is 3.27. The number of hydrogen-bond donors (Lipinski definition) is 0. The van der Waals surface area contributed by atoms with Crippen LogP contribution in [0.4, 0.5) is 0 Å². The van der Waals surface area contributed by atoms with E-state index in [0.29, 0.717) is 18.9 Å². The maximum Gasteiger partial charge on any atom is 0.305 e. The zero-order valence-corrected chi connectivity index (χ0v) is 15.1. The Labute approximate surface area is 138 Å². The van der Waals surface area contributed by atoms with Gasteiger partial charge in [-0.3, -0.25) is 4.79 Å². The highest BCUT2D eigenvalue weighted by Gasteiger charge is 2.36. The minimum absolute atomic E-state index is 0.0326. The van der Waals surface area contributed by atoms with E-state index in [-0.39, 0.29) is 5.97 Å². The molecule has 0 aliphatic heterocycles. The molecule has 0 radical (unpaired) electrons. The van der Waals surface area contributed by atoms with Crippen molar-refractivity contribution in [3.8, 4) is 0 Å². The van der Waals surface area contributed by atoms with Crippen molar-refractivity contribution in [1.29, 1.82) is 0 Å². The van der Waals surface area contributed by atoms with Crippen LogP contribution in [0, 0.1) is 11.8 Å². The fourth-order valence-electron chi connectivity index (χ4n) is 3.20. The molecule has 0 aromatic rings. The molecule has 1 aliphatic carbocycles. The van der Waals surface area contributed by atoms with Crippen LogP contribution in [0.3, 0.4) is 0 Å². The van der Waals surface area contributed by atoms with Gasteiger partial charge in [0, 0.05) is 6.42 Å². The molecule has 1 fully saturated rings. The summed E-state index contributed by atoms with van der Waals surface area (Å²) in [6.45, 7) is 5.18. The Morgan fingerprint density at radius 3 is 2.09 bits per heavy atom. The van der Waals surface area contributed by atoms with E-state index in [1.165, 1.54) is 77.0 Å². The largest absolute Gasteiger partial charge is 0.465 e. The minimum atomic E-state index is 0.0326. The second-order valence-corrected chi connectivity index (χ2v) is 7.16. The predicted molar refractivity (Wildman–Crippen MR) is 93.9 cm³/mol. The van der Waals surface area contributed by atoms with Crippen LogP contribution in [0.2, 0.25) is 0 Å². The number of esters is 1. The molecule has 2 atom stereocenters. The summed E-state index contributed by atoms with van der Waals surface area (Å²) in [5.74, 6) is 1.56. The molecular formula is C20H38O2. The van der Waals surface area contributed by atoms with Gasteiger partial charge in [-0.25, -0.2) is 0 Å². The Morgan fingerprint density at radius 1 is 0.818 bits per heavy atom. The Morgan fingerprint density at radius 2 is 1.41 bits per heavy atom. The first kappa shape index (κ1) is 19.5. The van der Waals surface area contributed by atoms with E-state index >= 15 is 0 Å². The van der Waals surface area contributed by atoms with Crippen molar-refractivity contribution in [3.05, 3.63) is 0 Å². The molecular weight excluding hydrogens is 272 g/mol. The molecule has 1 aliphatic rings. The highest BCUT2D eigenvalue weighted by atomic mass is 16.5. The van der Waals surface area contributed by atoms with Crippen LogP contribution in [0.5, 0.6) is 0 Å². The van der Waals surface area contributed by atoms with Crippen LogP contribution in [0.25, 0.3) is 0 Å². The molecule has 2 nitrogen and oxygen atoms in total. The molecule has 0 aromatic heterocycles. The molecule has 0 bridgehead atoms. The lowest BCUT2D eigenvalue weighted by atomic mass is 10.1. The number of rotatable bonds is 15. The molecule has 0 saturated heterocycles. The molecule has 2 heteroatoms. The van der Waals surface area contributed by atoms with Gasteiger partial charge in [0.15, 0.2) is 0 Å². The van der Waals surface area contributed by atoms with Gasteiger partial charge in [-0.1, -0.05) is 84.5 Å². The van der Waals surface area contributed by atoms with Crippen LogP contribution >= 0.6 is 0 Å². The van der Waals surface area contributed by atoms with E-state index in [2.05, 4.69) is 13.8 Å². The molecule has 1 saturated carbocycles. The van der Waals surface area contributed by atoms with Gasteiger partial charge in [0.25, 0.3) is 0 Å². The number of ether oxygens (including phenoxy) is 1. The predicted octanol–water partition coefficient (Wildman–Crippen LogP) is 6.28. The molecule has 0 aromatic carbocycles. The molecule has 0 amide bonds. The number of carbonyl (C=O) groups is 1. The van der Waals surface area contributed by atoms with Crippen molar-refractivity contribution >= 4 is 5.97 Å². The lowest BCUT2D eigenvalue weighted by Crippen LogP contribution is -2.07. The maximum atomic E-state index is 11.7. The molecule has 0 spiro atoms. The van der Waals surface area contributed by atoms with Gasteiger partial charge in [0.2, 0.25) is 0 Å². The van der Waals surface area contributed by atoms with Crippen molar-refractivity contribution in [2.24, 2.45) is 11.8 Å². The van der Waals surface area contributed by atoms with Crippen molar-refractivity contribution in [1.82, 2.24) is 0 Å². The minimum Gasteiger partial charge on any atom is -0.465 e. The molecule has 1 rings (SSSR count). The SMILES string of the molecule is CCCCCCCCCC(=O)OCC1CC1CCCCCC. The number of carbonyl (C=O) groups excluding carboxylic acids is 1. The first-order chi connectivity index (χ1) is 10.8. The number of unbranched alkanes of at least 4 members (excludes halogenated alkanes) is 9. The summed E-state index contributed by atoms with van der Waals surface area (Å²) >= 11 is 0. The van der Waals surface area contributed by atoms with Gasteiger partial charge in [0.1, 0.15) is 0 Å². The molecule has 0 heterocycles. The van der Waals surface area contributed by atoms with Gasteiger partial charge in [-0.05, 0) is 24.7 Å². The number of hydrogen-bond acceptors (Lipinski definition) is 2. The Kier molecular flexibility index (Phi) is 11.5. The van der Waals surface area contributed by atoms with Crippen molar-refractivity contribution < 1.29 is 9.53 Å². The Bertz CT molecular complexity index is 275. The van der Waals surface area contributed by atoms with Crippen LogP contribution in [0.1, 0.15) is 104 Å². The summed E-state index contributed by atoms with van der Waals surface area (Å²) in [4.78, 5) is 11.7. The highest BCUT2D eigenvalue weighted by Crippen LogP contribution is 2.42. The summed E-state index contributed by atoms with van der Waals surface area (Å²) in [6, 6.07) is 0. The Hall–Kier alpha value is -0.530. The highest BCUT2D eigenvalue weighted by molar-refractivity contribution is 5.69. The van der Waals surface area contributed by atoms with E-state index in [1.807, 2.05) is 0 Å². The van der Waals surface area contributed by atoms with Crippen LogP contribution in [-0.4, -0.2) is 12.6 Å². The summed E-state index contributed by atoms with van der Waals surface area (Å²) in [5.41, 5.74) is 0. The monoisotopic (exact) mass is 310 g/mol. The van der Waals surface area contributed by atoms with Crippen LogP contribution in [0.15, 0.2) is 0 Å². The third-order valence-electron chi connectivity index (χ3n) is 4.94. The third kappa shape index (κ3) is 10.2. The molecule has 2 unspecified atom stereocenters. The average molecular weight is 311 g/mol. The first-order valence-corrected chi connectivity index (χ1v) is 9.93. The van der Waals surface area contributed by atoms with Gasteiger partial charge in [-0.2, -0.15) is 0 Å². The molecule has 130 valence electrons. The summed E-state index contributed by atoms with van der Waals surface area (Å²) in [6.07, 6.45) is 17.5. The van der Waals surface area contributed by atoms with Crippen LogP contribution in [-0.2, 0) is 9.53 Å². The van der Waals surface area contributed by atoms with E-state index in [0.717, 1.165) is 12.3 Å². The quantitative estimate of drug-likeness (QED) is 0.263. The zero-order chi connectivity index (χ0) is 16.0. The standard InChI is InChI=1S/C20H38O2/c1-3-5-7-9-10-11-13-15-20(21)22-17-19-16-18(19)14-12-8-6-4-2/h18-19H,3-17H2,1-2H3. The lowest BCUT2D eigenvalue weighted by molar-refractivity contribution is -0.144. The van der Waals surface area contributed by atoms with Crippen molar-refractivity contribution in [2.75, 3.05) is 6.61 Å². The smallest absolute Gasteiger partial charge is 0.305 e. The summed E-state index contributed by atoms with van der Waals surface area (Å²) in [5, 5.41) is 0. The fraction of sp³-hybridized carbons (Fsp3) is 0.950. The summed E-state index contributed by atoms with van der Waals surface area (Å²) < 4.78 is 5.43. The second-order valence-electron chi connectivity index (χ2n) is 7.16. The summed E-state index contributed by atoms with van der Waals surface area (Å²) in [7, 11) is 0. The normalized spacial score (nSPS) is 20.1. The lowest BCUT2D eigenvalue weighted by Gasteiger charge is -2.05. The topological polar surface area (TPSA) is 26.3 Å². The van der Waals surface area contributed by atoms with Crippen LogP contribution < -0.4 is 0 Å². The van der Waals surface area contributed by atoms with Gasteiger partial charge in [0.05, 0.1) is 6.61 Å². The van der Waals surface area contributed by atoms with Crippen molar-refractivity contribution in [3.63, 3.8) is 0 Å². The van der Waals surface area contributed by atoms with Gasteiger partial charge < -0.3 is 4.74 Å². The van der Waals surface area contributed by atoms with Gasteiger partial charge in [-0.15, -0.1) is 0 Å². The van der Waals surface area contributed by atoms with E-state index < -0.39 is 0 Å². The second kappa shape index (κ2) is 13.0. The van der Waals surface area contributed by atoms with E-state index in [4.69, 9.17) is 4.74 Å². The van der Waals surface area contributed by atoms with E-state index in [1.54, 1.807) is 0 Å². The van der Waals surface area contributed by atoms with Gasteiger partial charge >= 0.3 is 5.97 Å². The molecule has 22 heavy (non-hydrogen) atoms. The first-order valence-electron chi connectivity index (χ1n) is 9.93. The fourth-order valence-corrected chi connectivity index (χ4v) is 3.20. The van der Waals surface area contributed by atoms with Crippen molar-refractivity contribution in [2.45, 2.75) is 104 Å². The zero-order valence-electron chi connectivity index (χ0n) is 15.1. The third-order valence-corrected chi connectivity index (χ3v) is 4.94. The maximum absolute atomic E-state index is 11.7.